The Morgan fingerprint density at radius 1 is 1.25 bits per heavy atom. The lowest BCUT2D eigenvalue weighted by Crippen LogP contribution is -2.26. The van der Waals surface area contributed by atoms with E-state index in [2.05, 4.69) is 21.7 Å². The molecule has 4 nitrogen and oxygen atoms in total. The van der Waals surface area contributed by atoms with E-state index in [0.29, 0.717) is 18.1 Å². The van der Waals surface area contributed by atoms with Crippen molar-refractivity contribution in [3.8, 4) is 0 Å². The fraction of sp³-hybridized carbons (Fsp3) is 0.333. The predicted molar refractivity (Wildman–Crippen MR) is 81.3 cm³/mol. The molecule has 2 N–H and O–H groups in total. The van der Waals surface area contributed by atoms with Crippen LogP contribution in [0.1, 0.15) is 24.3 Å². The molecule has 0 spiro atoms. The van der Waals surface area contributed by atoms with Crippen LogP contribution in [0.15, 0.2) is 24.4 Å². The molecule has 1 aromatic heterocycles. The van der Waals surface area contributed by atoms with Gasteiger partial charge in [0, 0.05) is 16.6 Å². The summed E-state index contributed by atoms with van der Waals surface area (Å²) in [6.07, 6.45) is 4.59. The van der Waals surface area contributed by atoms with Gasteiger partial charge < -0.3 is 10.6 Å². The molecule has 2 aromatic rings. The molecule has 2 heterocycles. The number of benzene rings is 1. The van der Waals surface area contributed by atoms with E-state index in [4.69, 9.17) is 11.6 Å². The third kappa shape index (κ3) is 2.62. The van der Waals surface area contributed by atoms with Crippen molar-refractivity contribution in [3.63, 3.8) is 0 Å². The minimum Gasteiger partial charge on any atom is -0.317 e. The van der Waals surface area contributed by atoms with Gasteiger partial charge in [-0.1, -0.05) is 11.6 Å². The molecule has 1 aromatic carbocycles. The Kier molecular flexibility index (Phi) is 3.85. The number of nitrogens with zero attached hydrogens (tertiary/aromatic N) is 1. The third-order valence-corrected chi connectivity index (χ3v) is 4.15. The van der Waals surface area contributed by atoms with Crippen LogP contribution in [0.2, 0.25) is 5.02 Å². The van der Waals surface area contributed by atoms with Gasteiger partial charge in [0.15, 0.2) is 0 Å². The molecule has 104 valence electrons. The van der Waals surface area contributed by atoms with Gasteiger partial charge in [-0.25, -0.2) is 4.98 Å². The van der Waals surface area contributed by atoms with Crippen LogP contribution in [-0.2, 0) is 4.79 Å². The van der Waals surface area contributed by atoms with Crippen molar-refractivity contribution < 1.29 is 4.79 Å². The Bertz CT molecular complexity index is 638. The number of amides is 1. The highest BCUT2D eigenvalue weighted by Gasteiger charge is 2.18. The Labute approximate surface area is 122 Å². The molecule has 20 heavy (non-hydrogen) atoms. The number of hydrogen-bond donors (Lipinski definition) is 2. The Balaban J connectivity index is 2.03. The topological polar surface area (TPSA) is 54.0 Å². The first-order valence-electron chi connectivity index (χ1n) is 6.78. The van der Waals surface area contributed by atoms with Gasteiger partial charge in [0.1, 0.15) is 5.82 Å². The molecule has 0 bridgehead atoms. The number of pyridine rings is 1. The summed E-state index contributed by atoms with van der Waals surface area (Å²) in [5.41, 5.74) is 1.20. The fourth-order valence-electron chi connectivity index (χ4n) is 2.77. The van der Waals surface area contributed by atoms with Crippen LogP contribution in [0.4, 0.5) is 5.82 Å². The zero-order valence-electron chi connectivity index (χ0n) is 11.0. The Morgan fingerprint density at radius 3 is 2.80 bits per heavy atom. The molecule has 0 radical (unpaired) electrons. The molecule has 0 saturated carbocycles. The summed E-state index contributed by atoms with van der Waals surface area (Å²) in [7, 11) is 0. The molecule has 5 heteroatoms. The quantitative estimate of drug-likeness (QED) is 0.854. The minimum atomic E-state index is 0.504. The van der Waals surface area contributed by atoms with Crippen LogP contribution < -0.4 is 10.6 Å². The second-order valence-electron chi connectivity index (χ2n) is 5.08. The number of nitrogens with one attached hydrogen (secondary N) is 2. The molecule has 3 rings (SSSR count). The zero-order chi connectivity index (χ0) is 13.9. The number of fused-ring (bicyclic) bond motifs is 1. The van der Waals surface area contributed by atoms with Crippen LogP contribution in [-0.4, -0.2) is 24.5 Å². The SMILES string of the molecule is O=CNc1cc2cc(C3CCNCC3)c(Cl)cc2cn1. The van der Waals surface area contributed by atoms with Gasteiger partial charge in [-0.15, -0.1) is 0 Å². The number of piperidine rings is 1. The number of aromatic nitrogens is 1. The van der Waals surface area contributed by atoms with E-state index in [-0.39, 0.29) is 0 Å². The van der Waals surface area contributed by atoms with Crippen molar-refractivity contribution in [3.05, 3.63) is 35.0 Å². The monoisotopic (exact) mass is 289 g/mol. The number of carbonyl (C=O) groups excluding carboxylic acids is 1. The summed E-state index contributed by atoms with van der Waals surface area (Å²) in [5.74, 6) is 1.06. The van der Waals surface area contributed by atoms with Crippen LogP contribution in [0.5, 0.6) is 0 Å². The third-order valence-electron chi connectivity index (χ3n) is 3.82. The molecule has 0 unspecified atom stereocenters. The fourth-order valence-corrected chi connectivity index (χ4v) is 3.09. The number of rotatable bonds is 3. The van der Waals surface area contributed by atoms with Crippen molar-refractivity contribution in [1.82, 2.24) is 10.3 Å². The molecule has 1 saturated heterocycles. The van der Waals surface area contributed by atoms with E-state index in [1.54, 1.807) is 6.20 Å². The first-order valence-corrected chi connectivity index (χ1v) is 7.16. The molecular formula is C15H16ClN3O. The second-order valence-corrected chi connectivity index (χ2v) is 5.48. The van der Waals surface area contributed by atoms with Crippen molar-refractivity contribution in [2.45, 2.75) is 18.8 Å². The van der Waals surface area contributed by atoms with Gasteiger partial charge in [0.25, 0.3) is 0 Å². The summed E-state index contributed by atoms with van der Waals surface area (Å²) in [4.78, 5) is 14.7. The van der Waals surface area contributed by atoms with Crippen molar-refractivity contribution in [1.29, 1.82) is 0 Å². The highest BCUT2D eigenvalue weighted by molar-refractivity contribution is 6.32. The Hall–Kier alpha value is -1.65. The first-order chi connectivity index (χ1) is 9.78. The standard InChI is InChI=1S/C15H16ClN3O/c16-14-6-12-8-18-15(19-9-20)7-11(12)5-13(14)10-1-3-17-4-2-10/h5-10,17H,1-4H2,(H,18,19,20). The summed E-state index contributed by atoms with van der Waals surface area (Å²) in [5, 5.41) is 8.80. The van der Waals surface area contributed by atoms with Crippen LogP contribution in [0.25, 0.3) is 10.8 Å². The van der Waals surface area contributed by atoms with E-state index in [0.717, 1.165) is 41.7 Å². The average Bonchev–Trinajstić information content (AvgIpc) is 2.48. The van der Waals surface area contributed by atoms with Gasteiger partial charge in [-0.3, -0.25) is 4.79 Å². The van der Waals surface area contributed by atoms with Gasteiger partial charge in [-0.05, 0) is 61.0 Å². The van der Waals surface area contributed by atoms with Crippen molar-refractivity contribution >= 4 is 34.6 Å². The van der Waals surface area contributed by atoms with E-state index in [1.165, 1.54) is 5.56 Å². The summed E-state index contributed by atoms with van der Waals surface area (Å²) in [6.45, 7) is 2.07. The maximum atomic E-state index is 10.5. The number of carbonyl (C=O) groups is 1. The van der Waals surface area contributed by atoms with E-state index in [9.17, 15) is 4.79 Å². The lowest BCUT2D eigenvalue weighted by molar-refractivity contribution is -0.105. The van der Waals surface area contributed by atoms with Crippen LogP contribution >= 0.6 is 11.6 Å². The zero-order valence-corrected chi connectivity index (χ0v) is 11.8. The second kappa shape index (κ2) is 5.77. The maximum absolute atomic E-state index is 10.5. The van der Waals surface area contributed by atoms with Gasteiger partial charge in [-0.2, -0.15) is 0 Å². The number of hydrogen-bond acceptors (Lipinski definition) is 3. The lowest BCUT2D eigenvalue weighted by atomic mass is 9.89. The van der Waals surface area contributed by atoms with Crippen LogP contribution in [0.3, 0.4) is 0 Å². The molecular weight excluding hydrogens is 274 g/mol. The Morgan fingerprint density at radius 2 is 2.05 bits per heavy atom. The molecule has 0 aliphatic carbocycles. The summed E-state index contributed by atoms with van der Waals surface area (Å²) < 4.78 is 0. The van der Waals surface area contributed by atoms with Gasteiger partial charge in [0.05, 0.1) is 0 Å². The predicted octanol–water partition coefficient (Wildman–Crippen LogP) is 2.92. The molecule has 1 aliphatic heterocycles. The number of anilines is 1. The summed E-state index contributed by atoms with van der Waals surface area (Å²) >= 11 is 6.42. The lowest BCUT2D eigenvalue weighted by Gasteiger charge is -2.24. The van der Waals surface area contributed by atoms with Gasteiger partial charge in [0.2, 0.25) is 6.41 Å². The van der Waals surface area contributed by atoms with E-state index in [1.807, 2.05) is 12.1 Å². The largest absolute Gasteiger partial charge is 0.317 e. The number of halogens is 1. The minimum absolute atomic E-state index is 0.504. The molecule has 1 aliphatic rings. The molecule has 1 amide bonds. The smallest absolute Gasteiger partial charge is 0.212 e. The van der Waals surface area contributed by atoms with Gasteiger partial charge >= 0.3 is 0 Å². The van der Waals surface area contributed by atoms with E-state index >= 15 is 0 Å². The maximum Gasteiger partial charge on any atom is 0.212 e. The highest BCUT2D eigenvalue weighted by atomic mass is 35.5. The molecule has 0 atom stereocenters. The van der Waals surface area contributed by atoms with Crippen molar-refractivity contribution in [2.75, 3.05) is 18.4 Å². The van der Waals surface area contributed by atoms with E-state index < -0.39 is 0 Å². The first kappa shape index (κ1) is 13.3. The normalized spacial score (nSPS) is 16.2. The summed E-state index contributed by atoms with van der Waals surface area (Å²) in [6, 6.07) is 5.97. The van der Waals surface area contributed by atoms with Crippen molar-refractivity contribution in [2.24, 2.45) is 0 Å². The average molecular weight is 290 g/mol. The molecule has 1 fully saturated rings. The van der Waals surface area contributed by atoms with Crippen LogP contribution in [0, 0.1) is 0 Å². The highest BCUT2D eigenvalue weighted by Crippen LogP contribution is 2.34.